The van der Waals surface area contributed by atoms with E-state index >= 15 is 0 Å². The van der Waals surface area contributed by atoms with Gasteiger partial charge in [-0.3, -0.25) is 14.9 Å². The van der Waals surface area contributed by atoms with Gasteiger partial charge >= 0.3 is 0 Å². The number of benzene rings is 1. The number of hydrogen-bond acceptors (Lipinski definition) is 4. The van der Waals surface area contributed by atoms with E-state index in [4.69, 9.17) is 0 Å². The first-order valence-corrected chi connectivity index (χ1v) is 6.21. The van der Waals surface area contributed by atoms with Crippen LogP contribution in [-0.2, 0) is 0 Å². The van der Waals surface area contributed by atoms with Gasteiger partial charge in [0.15, 0.2) is 0 Å². The fourth-order valence-electron chi connectivity index (χ4n) is 1.77. The molecule has 0 aliphatic heterocycles. The van der Waals surface area contributed by atoms with Crippen LogP contribution in [-0.4, -0.2) is 30.0 Å². The minimum Gasteiger partial charge on any atom is -0.350 e. The molecule has 0 aliphatic rings. The first-order chi connectivity index (χ1) is 8.93. The van der Waals surface area contributed by atoms with E-state index in [2.05, 4.69) is 10.6 Å². The lowest BCUT2D eigenvalue weighted by atomic mass is 10.1. The molecule has 0 bridgehead atoms. The highest BCUT2D eigenvalue weighted by Crippen LogP contribution is 2.16. The van der Waals surface area contributed by atoms with Gasteiger partial charge in [0.05, 0.1) is 4.92 Å². The van der Waals surface area contributed by atoms with Crippen LogP contribution in [0.5, 0.6) is 0 Å². The molecular formula is C13H20ClN3O3. The minimum absolute atomic E-state index is 0. The number of halogens is 1. The SMILES string of the molecule is CCN[C@H](C)CNC(=O)c1cc(C)cc([N+](=O)[O-])c1.Cl. The number of carbonyl (C=O) groups is 1. The molecule has 1 atom stereocenters. The maximum absolute atomic E-state index is 11.9. The summed E-state index contributed by atoms with van der Waals surface area (Å²) in [6, 6.07) is 4.53. The Bertz CT molecular complexity index is 480. The maximum atomic E-state index is 11.9. The van der Waals surface area contributed by atoms with Gasteiger partial charge in [-0.25, -0.2) is 0 Å². The summed E-state index contributed by atoms with van der Waals surface area (Å²) in [6.45, 7) is 6.98. The van der Waals surface area contributed by atoms with E-state index in [1.54, 1.807) is 13.0 Å². The zero-order valence-corrected chi connectivity index (χ0v) is 12.6. The molecule has 7 heteroatoms. The molecule has 0 saturated heterocycles. The second-order valence-electron chi connectivity index (χ2n) is 4.48. The minimum atomic E-state index is -0.495. The van der Waals surface area contributed by atoms with Crippen LogP contribution in [0.3, 0.4) is 0 Å². The summed E-state index contributed by atoms with van der Waals surface area (Å²) in [7, 11) is 0. The van der Waals surface area contributed by atoms with E-state index in [-0.39, 0.29) is 30.0 Å². The summed E-state index contributed by atoms with van der Waals surface area (Å²) in [4.78, 5) is 22.2. The van der Waals surface area contributed by atoms with Gasteiger partial charge in [-0.2, -0.15) is 0 Å². The zero-order valence-electron chi connectivity index (χ0n) is 11.8. The molecule has 0 radical (unpaired) electrons. The second-order valence-corrected chi connectivity index (χ2v) is 4.48. The Morgan fingerprint density at radius 2 is 2.05 bits per heavy atom. The molecule has 0 spiro atoms. The number of likely N-dealkylation sites (N-methyl/N-ethyl adjacent to an activating group) is 1. The van der Waals surface area contributed by atoms with Crippen molar-refractivity contribution in [1.29, 1.82) is 0 Å². The van der Waals surface area contributed by atoms with Crippen molar-refractivity contribution in [2.24, 2.45) is 0 Å². The third-order valence-electron chi connectivity index (χ3n) is 2.66. The van der Waals surface area contributed by atoms with Gasteiger partial charge in [-0.05, 0) is 32.0 Å². The van der Waals surface area contributed by atoms with Crippen LogP contribution in [0, 0.1) is 17.0 Å². The predicted octanol–water partition coefficient (Wildman–Crippen LogP) is 2.05. The van der Waals surface area contributed by atoms with Gasteiger partial charge in [0.2, 0.25) is 0 Å². The molecule has 20 heavy (non-hydrogen) atoms. The number of aryl methyl sites for hydroxylation is 1. The summed E-state index contributed by atoms with van der Waals surface area (Å²) in [5.74, 6) is -0.295. The van der Waals surface area contributed by atoms with Crippen molar-refractivity contribution in [1.82, 2.24) is 10.6 Å². The fourth-order valence-corrected chi connectivity index (χ4v) is 1.77. The smallest absolute Gasteiger partial charge is 0.270 e. The van der Waals surface area contributed by atoms with Crippen LogP contribution in [0.2, 0.25) is 0 Å². The highest BCUT2D eigenvalue weighted by molar-refractivity contribution is 5.95. The average Bonchev–Trinajstić information content (AvgIpc) is 2.35. The molecule has 1 aromatic rings. The van der Waals surface area contributed by atoms with Gasteiger partial charge < -0.3 is 10.6 Å². The predicted molar refractivity (Wildman–Crippen MR) is 80.6 cm³/mol. The molecular weight excluding hydrogens is 282 g/mol. The van der Waals surface area contributed by atoms with Crippen molar-refractivity contribution in [3.63, 3.8) is 0 Å². The Morgan fingerprint density at radius 3 is 2.60 bits per heavy atom. The Labute approximate surface area is 124 Å². The highest BCUT2D eigenvalue weighted by atomic mass is 35.5. The fraction of sp³-hybridized carbons (Fsp3) is 0.462. The monoisotopic (exact) mass is 301 g/mol. The molecule has 0 unspecified atom stereocenters. The quantitative estimate of drug-likeness (QED) is 0.622. The van der Waals surface area contributed by atoms with Crippen LogP contribution < -0.4 is 10.6 Å². The summed E-state index contributed by atoms with van der Waals surface area (Å²) >= 11 is 0. The first-order valence-electron chi connectivity index (χ1n) is 6.21. The lowest BCUT2D eigenvalue weighted by Crippen LogP contribution is -2.38. The van der Waals surface area contributed by atoms with E-state index in [9.17, 15) is 14.9 Å². The average molecular weight is 302 g/mol. The Balaban J connectivity index is 0.00000361. The molecule has 1 rings (SSSR count). The zero-order chi connectivity index (χ0) is 14.4. The van der Waals surface area contributed by atoms with Gasteiger partial charge in [0, 0.05) is 30.3 Å². The number of carbonyl (C=O) groups excluding carboxylic acids is 1. The standard InChI is InChI=1S/C13H19N3O3.ClH/c1-4-14-10(3)8-15-13(17)11-5-9(2)6-12(7-11)16(18)19;/h5-7,10,14H,4,8H2,1-3H3,(H,15,17);1H/t10-;/m1./s1. The maximum Gasteiger partial charge on any atom is 0.270 e. The summed E-state index contributed by atoms with van der Waals surface area (Å²) in [5, 5.41) is 16.7. The normalized spacial score (nSPS) is 11.3. The molecule has 1 aromatic carbocycles. The van der Waals surface area contributed by atoms with E-state index in [1.807, 2.05) is 13.8 Å². The van der Waals surface area contributed by atoms with E-state index in [1.165, 1.54) is 12.1 Å². The Hall–Kier alpha value is -1.66. The molecule has 1 amide bonds. The van der Waals surface area contributed by atoms with E-state index < -0.39 is 4.92 Å². The van der Waals surface area contributed by atoms with Crippen LogP contribution in [0.15, 0.2) is 18.2 Å². The van der Waals surface area contributed by atoms with Crippen LogP contribution >= 0.6 is 12.4 Å². The number of amides is 1. The van der Waals surface area contributed by atoms with Crippen molar-refractivity contribution in [2.45, 2.75) is 26.8 Å². The summed E-state index contributed by atoms with van der Waals surface area (Å²) in [6.07, 6.45) is 0. The van der Waals surface area contributed by atoms with Crippen molar-refractivity contribution >= 4 is 24.0 Å². The molecule has 6 nitrogen and oxygen atoms in total. The number of nitro groups is 1. The number of hydrogen-bond donors (Lipinski definition) is 2. The van der Waals surface area contributed by atoms with Gasteiger partial charge in [0.25, 0.3) is 11.6 Å². The van der Waals surface area contributed by atoms with Crippen molar-refractivity contribution in [3.05, 3.63) is 39.4 Å². The van der Waals surface area contributed by atoms with Crippen molar-refractivity contribution < 1.29 is 9.72 Å². The van der Waals surface area contributed by atoms with Gasteiger partial charge in [-0.1, -0.05) is 6.92 Å². The second kappa shape index (κ2) is 8.50. The molecule has 112 valence electrons. The number of nitrogens with one attached hydrogen (secondary N) is 2. The Kier molecular flexibility index (Phi) is 7.79. The summed E-state index contributed by atoms with van der Waals surface area (Å²) < 4.78 is 0. The third kappa shape index (κ3) is 5.54. The van der Waals surface area contributed by atoms with E-state index in [0.29, 0.717) is 17.7 Å². The Morgan fingerprint density at radius 1 is 1.40 bits per heavy atom. The molecule has 0 aliphatic carbocycles. The first kappa shape index (κ1) is 18.3. The highest BCUT2D eigenvalue weighted by Gasteiger charge is 2.13. The molecule has 0 heterocycles. The third-order valence-corrected chi connectivity index (χ3v) is 2.66. The number of nitro benzene ring substituents is 1. The summed E-state index contributed by atoms with van der Waals surface area (Å²) in [5.41, 5.74) is 0.944. The lowest BCUT2D eigenvalue weighted by Gasteiger charge is -2.13. The van der Waals surface area contributed by atoms with E-state index in [0.717, 1.165) is 6.54 Å². The van der Waals surface area contributed by atoms with Gasteiger partial charge in [0.1, 0.15) is 0 Å². The molecule has 0 saturated carbocycles. The van der Waals surface area contributed by atoms with Crippen LogP contribution in [0.1, 0.15) is 29.8 Å². The number of non-ortho nitro benzene ring substituents is 1. The van der Waals surface area contributed by atoms with Crippen LogP contribution in [0.4, 0.5) is 5.69 Å². The van der Waals surface area contributed by atoms with Crippen molar-refractivity contribution in [2.75, 3.05) is 13.1 Å². The number of rotatable bonds is 6. The van der Waals surface area contributed by atoms with Crippen LogP contribution in [0.25, 0.3) is 0 Å². The lowest BCUT2D eigenvalue weighted by molar-refractivity contribution is -0.384. The van der Waals surface area contributed by atoms with Gasteiger partial charge in [-0.15, -0.1) is 12.4 Å². The topological polar surface area (TPSA) is 84.3 Å². The van der Waals surface area contributed by atoms with Crippen molar-refractivity contribution in [3.8, 4) is 0 Å². The molecule has 0 fully saturated rings. The molecule has 0 aromatic heterocycles. The molecule has 2 N–H and O–H groups in total. The largest absolute Gasteiger partial charge is 0.350 e. The number of nitrogens with zero attached hydrogens (tertiary/aromatic N) is 1.